The van der Waals surface area contributed by atoms with E-state index in [1.54, 1.807) is 6.07 Å². The Labute approximate surface area is 120 Å². The van der Waals surface area contributed by atoms with Gasteiger partial charge in [0, 0.05) is 0 Å². The number of hydrogen-bond acceptors (Lipinski definition) is 4. The first-order valence-corrected chi connectivity index (χ1v) is 6.64. The monoisotopic (exact) mass is 361 g/mol. The fraction of sp³-hybridized carbons (Fsp3) is 0.308. The lowest BCUT2D eigenvalue weighted by Crippen LogP contribution is -2.18. The molecule has 98 valence electrons. The van der Waals surface area contributed by atoms with Crippen LogP contribution in [-0.4, -0.2) is 19.2 Å². The van der Waals surface area contributed by atoms with Crippen molar-refractivity contribution in [2.24, 2.45) is 0 Å². The molecule has 0 aliphatic heterocycles. The van der Waals surface area contributed by atoms with Gasteiger partial charge >= 0.3 is 0 Å². The van der Waals surface area contributed by atoms with Gasteiger partial charge in [0.25, 0.3) is 0 Å². The highest BCUT2D eigenvalue weighted by molar-refractivity contribution is 14.1. The molecular formula is C13H14IO4-. The summed E-state index contributed by atoms with van der Waals surface area (Å²) in [7, 11) is 0. The highest BCUT2D eigenvalue weighted by atomic mass is 127. The van der Waals surface area contributed by atoms with Crippen LogP contribution in [-0.2, 0) is 4.79 Å². The summed E-state index contributed by atoms with van der Waals surface area (Å²) in [6.45, 7) is 4.84. The number of aliphatic carboxylic acids is 1. The van der Waals surface area contributed by atoms with Crippen molar-refractivity contribution in [1.29, 1.82) is 0 Å². The van der Waals surface area contributed by atoms with E-state index in [2.05, 4.69) is 22.6 Å². The lowest BCUT2D eigenvalue weighted by molar-refractivity contribution is -0.297. The predicted molar refractivity (Wildman–Crippen MR) is 75.5 cm³/mol. The fourth-order valence-electron chi connectivity index (χ4n) is 1.40. The van der Waals surface area contributed by atoms with Gasteiger partial charge in [-0.15, -0.1) is 0 Å². The van der Waals surface area contributed by atoms with Crippen molar-refractivity contribution >= 4 is 34.6 Å². The minimum atomic E-state index is -1.23. The zero-order chi connectivity index (χ0) is 13.5. The zero-order valence-electron chi connectivity index (χ0n) is 10.2. The maximum absolute atomic E-state index is 10.4. The molecule has 0 radical (unpaired) electrons. The molecule has 4 nitrogen and oxygen atoms in total. The van der Waals surface area contributed by atoms with Crippen LogP contribution in [0.2, 0.25) is 0 Å². The number of hydrogen-bond donors (Lipinski definition) is 0. The molecular weight excluding hydrogens is 347 g/mol. The second kappa shape index (κ2) is 7.25. The van der Waals surface area contributed by atoms with Gasteiger partial charge in [0.2, 0.25) is 0 Å². The first-order valence-electron chi connectivity index (χ1n) is 5.56. The second-order valence-electron chi connectivity index (χ2n) is 3.35. The van der Waals surface area contributed by atoms with Crippen molar-refractivity contribution in [2.45, 2.75) is 13.8 Å². The third kappa shape index (κ3) is 4.21. The van der Waals surface area contributed by atoms with Gasteiger partial charge in [-0.05, 0) is 60.2 Å². The van der Waals surface area contributed by atoms with Gasteiger partial charge in [0.05, 0.1) is 22.8 Å². The summed E-state index contributed by atoms with van der Waals surface area (Å²) in [5.74, 6) is 0.0756. The van der Waals surface area contributed by atoms with Crippen molar-refractivity contribution in [1.82, 2.24) is 0 Å². The van der Waals surface area contributed by atoms with Crippen molar-refractivity contribution in [3.63, 3.8) is 0 Å². The van der Waals surface area contributed by atoms with Crippen molar-refractivity contribution in [3.8, 4) is 11.5 Å². The average molecular weight is 361 g/mol. The van der Waals surface area contributed by atoms with Gasteiger partial charge in [0.1, 0.15) is 0 Å². The van der Waals surface area contributed by atoms with Crippen molar-refractivity contribution < 1.29 is 19.4 Å². The van der Waals surface area contributed by atoms with Crippen LogP contribution in [0.1, 0.15) is 19.4 Å². The van der Waals surface area contributed by atoms with Gasteiger partial charge < -0.3 is 19.4 Å². The predicted octanol–water partition coefficient (Wildman–Crippen LogP) is 1.85. The first kappa shape index (κ1) is 14.8. The second-order valence-corrected chi connectivity index (χ2v) is 4.51. The average Bonchev–Trinajstić information content (AvgIpc) is 2.31. The van der Waals surface area contributed by atoms with Crippen LogP contribution in [0, 0.1) is 3.57 Å². The summed E-state index contributed by atoms with van der Waals surface area (Å²) in [6, 6.07) is 3.57. The molecule has 0 atom stereocenters. The van der Waals surface area contributed by atoms with Gasteiger partial charge in [-0.1, -0.05) is 6.08 Å². The van der Waals surface area contributed by atoms with E-state index in [0.29, 0.717) is 24.7 Å². The van der Waals surface area contributed by atoms with Gasteiger partial charge in [-0.25, -0.2) is 0 Å². The summed E-state index contributed by atoms with van der Waals surface area (Å²) < 4.78 is 11.9. The number of halogens is 1. The van der Waals surface area contributed by atoms with Gasteiger partial charge in [-0.2, -0.15) is 0 Å². The number of carboxylic acid groups (broad SMARTS) is 1. The van der Waals surface area contributed by atoms with Crippen LogP contribution >= 0.6 is 22.6 Å². The van der Waals surface area contributed by atoms with E-state index in [-0.39, 0.29) is 0 Å². The molecule has 0 bridgehead atoms. The number of carbonyl (C=O) groups excluding carboxylic acids is 1. The van der Waals surface area contributed by atoms with E-state index in [0.717, 1.165) is 15.2 Å². The Hall–Kier alpha value is -1.24. The number of benzene rings is 1. The summed E-state index contributed by atoms with van der Waals surface area (Å²) in [5.41, 5.74) is 0.732. The summed E-state index contributed by atoms with van der Waals surface area (Å²) in [6.07, 6.45) is 2.46. The topological polar surface area (TPSA) is 58.6 Å². The Bertz CT molecular complexity index is 455. The molecule has 0 aliphatic rings. The maximum Gasteiger partial charge on any atom is 0.174 e. The molecule has 1 rings (SSSR count). The molecule has 0 aromatic heterocycles. The lowest BCUT2D eigenvalue weighted by atomic mass is 10.2. The molecule has 0 spiro atoms. The number of ether oxygens (including phenoxy) is 2. The molecule has 18 heavy (non-hydrogen) atoms. The fourth-order valence-corrected chi connectivity index (χ4v) is 2.18. The lowest BCUT2D eigenvalue weighted by Gasteiger charge is -2.13. The van der Waals surface area contributed by atoms with E-state index in [9.17, 15) is 9.90 Å². The van der Waals surface area contributed by atoms with Crippen LogP contribution < -0.4 is 14.6 Å². The van der Waals surface area contributed by atoms with Gasteiger partial charge in [-0.3, -0.25) is 0 Å². The summed E-state index contributed by atoms with van der Waals surface area (Å²) >= 11 is 2.13. The van der Waals surface area contributed by atoms with Crippen molar-refractivity contribution in [2.75, 3.05) is 13.2 Å². The van der Waals surface area contributed by atoms with Gasteiger partial charge in [0.15, 0.2) is 11.5 Å². The highest BCUT2D eigenvalue weighted by Gasteiger charge is 2.10. The molecule has 0 saturated heterocycles. The molecule has 1 aromatic rings. The third-order valence-corrected chi connectivity index (χ3v) is 2.83. The Kier molecular flexibility index (Phi) is 5.97. The smallest absolute Gasteiger partial charge is 0.174 e. The number of carboxylic acids is 1. The minimum absolute atomic E-state index is 0.518. The SMILES string of the molecule is CCOc1cc(/C=C/C(=O)[O-])cc(I)c1OCC. The number of carbonyl (C=O) groups is 1. The Morgan fingerprint density at radius 1 is 1.33 bits per heavy atom. The highest BCUT2D eigenvalue weighted by Crippen LogP contribution is 2.34. The Morgan fingerprint density at radius 2 is 2.00 bits per heavy atom. The largest absolute Gasteiger partial charge is 0.545 e. The Balaban J connectivity index is 3.13. The van der Waals surface area contributed by atoms with E-state index >= 15 is 0 Å². The molecule has 0 heterocycles. The summed E-state index contributed by atoms with van der Waals surface area (Å²) in [5, 5.41) is 10.4. The molecule has 0 amide bonds. The van der Waals surface area contributed by atoms with Crippen LogP contribution in [0.5, 0.6) is 11.5 Å². The molecule has 0 saturated carbocycles. The third-order valence-electron chi connectivity index (χ3n) is 2.03. The molecule has 0 N–H and O–H groups in total. The van der Waals surface area contributed by atoms with E-state index in [4.69, 9.17) is 9.47 Å². The molecule has 1 aromatic carbocycles. The minimum Gasteiger partial charge on any atom is -0.545 e. The van der Waals surface area contributed by atoms with Crippen LogP contribution in [0.3, 0.4) is 0 Å². The molecule has 0 unspecified atom stereocenters. The van der Waals surface area contributed by atoms with Crippen LogP contribution in [0.15, 0.2) is 18.2 Å². The molecule has 0 fully saturated rings. The first-order chi connectivity index (χ1) is 8.58. The summed E-state index contributed by atoms with van der Waals surface area (Å²) in [4.78, 5) is 10.4. The normalized spacial score (nSPS) is 10.6. The molecule has 0 aliphatic carbocycles. The number of rotatable bonds is 6. The maximum atomic E-state index is 10.4. The Morgan fingerprint density at radius 3 is 2.56 bits per heavy atom. The van der Waals surface area contributed by atoms with Crippen molar-refractivity contribution in [3.05, 3.63) is 27.3 Å². The van der Waals surface area contributed by atoms with E-state index < -0.39 is 5.97 Å². The quantitative estimate of drug-likeness (QED) is 0.573. The standard InChI is InChI=1S/C13H15IO4/c1-3-17-11-8-9(5-6-12(15)16)7-10(14)13(11)18-4-2/h5-8H,3-4H2,1-2H3,(H,15,16)/p-1/b6-5+. The van der Waals surface area contributed by atoms with E-state index in [1.807, 2.05) is 19.9 Å². The van der Waals surface area contributed by atoms with Crippen LogP contribution in [0.25, 0.3) is 6.08 Å². The van der Waals surface area contributed by atoms with E-state index in [1.165, 1.54) is 6.08 Å². The van der Waals surface area contributed by atoms with Crippen LogP contribution in [0.4, 0.5) is 0 Å². The zero-order valence-corrected chi connectivity index (χ0v) is 12.4. The molecule has 5 heteroatoms.